The number of ether oxygens (including phenoxy) is 1. The van der Waals surface area contributed by atoms with Gasteiger partial charge in [0, 0.05) is 17.8 Å². The quantitative estimate of drug-likeness (QED) is 0.545. The molecule has 8 heteroatoms. The molecule has 0 bridgehead atoms. The number of carboxylic acid groups (broad SMARTS) is 1. The molecular weight excluding hydrogens is 320 g/mol. The number of hydrogen-bond donors (Lipinski definition) is 3. The molecule has 0 atom stereocenters. The fourth-order valence-electron chi connectivity index (χ4n) is 2.56. The van der Waals surface area contributed by atoms with Crippen molar-refractivity contribution in [1.82, 2.24) is 5.32 Å². The topological polar surface area (TPSA) is 105 Å². The van der Waals surface area contributed by atoms with Crippen LogP contribution < -0.4 is 10.6 Å². The van der Waals surface area contributed by atoms with Gasteiger partial charge in [0.1, 0.15) is 5.00 Å². The molecule has 0 spiro atoms. The lowest BCUT2D eigenvalue weighted by Crippen LogP contribution is -2.30. The predicted octanol–water partition coefficient (Wildman–Crippen LogP) is 2.40. The maximum Gasteiger partial charge on any atom is 0.341 e. The minimum absolute atomic E-state index is 0.000981. The lowest BCUT2D eigenvalue weighted by Gasteiger charge is -2.11. The van der Waals surface area contributed by atoms with Crippen LogP contribution in [0.2, 0.25) is 0 Å². The maximum absolute atomic E-state index is 12.0. The highest BCUT2D eigenvalue weighted by Crippen LogP contribution is 2.38. The summed E-state index contributed by atoms with van der Waals surface area (Å²) < 4.78 is 4.84. The Morgan fingerprint density at radius 2 is 2.00 bits per heavy atom. The van der Waals surface area contributed by atoms with E-state index in [1.54, 1.807) is 0 Å². The Labute approximate surface area is 138 Å². The van der Waals surface area contributed by atoms with Gasteiger partial charge in [0.05, 0.1) is 12.7 Å². The van der Waals surface area contributed by atoms with Gasteiger partial charge in [-0.15, -0.1) is 11.3 Å². The summed E-state index contributed by atoms with van der Waals surface area (Å²) in [5.74, 6) is -1.34. The molecule has 1 aromatic rings. The molecule has 0 unspecified atom stereocenters. The van der Waals surface area contributed by atoms with E-state index < -0.39 is 18.0 Å². The average molecular weight is 340 g/mol. The van der Waals surface area contributed by atoms with E-state index in [9.17, 15) is 14.4 Å². The van der Waals surface area contributed by atoms with Crippen molar-refractivity contribution in [2.75, 3.05) is 19.0 Å². The summed E-state index contributed by atoms with van der Waals surface area (Å²) in [7, 11) is 1.32. The smallest absolute Gasteiger partial charge is 0.341 e. The zero-order valence-corrected chi connectivity index (χ0v) is 13.8. The predicted molar refractivity (Wildman–Crippen MR) is 86.2 cm³/mol. The van der Waals surface area contributed by atoms with Gasteiger partial charge in [-0.05, 0) is 37.7 Å². The fraction of sp³-hybridized carbons (Fsp3) is 0.533. The molecule has 23 heavy (non-hydrogen) atoms. The Morgan fingerprint density at radius 3 is 2.70 bits per heavy atom. The summed E-state index contributed by atoms with van der Waals surface area (Å²) in [5, 5.41) is 14.3. The minimum Gasteiger partial charge on any atom is -0.481 e. The standard InChI is InChI=1S/C15H20N2O5S/c1-22-14(20)12-9-5-2-3-6-10(9)23-13(12)17-15(21)16-8-4-7-11(18)19/h2-8H2,1H3,(H,18,19)(H2,16,17,21). The highest BCUT2D eigenvalue weighted by Gasteiger charge is 2.26. The van der Waals surface area contributed by atoms with Crippen LogP contribution in [0.5, 0.6) is 0 Å². The number of fused-ring (bicyclic) bond motifs is 1. The maximum atomic E-state index is 12.0. The SMILES string of the molecule is COC(=O)c1c(NC(=O)NCCCC(=O)O)sc2c1CCCC2. The number of amides is 2. The fourth-order valence-corrected chi connectivity index (χ4v) is 3.83. The van der Waals surface area contributed by atoms with E-state index in [1.165, 1.54) is 18.4 Å². The molecule has 0 aliphatic heterocycles. The number of anilines is 1. The van der Waals surface area contributed by atoms with Gasteiger partial charge in [0.15, 0.2) is 0 Å². The average Bonchev–Trinajstić information content (AvgIpc) is 2.88. The lowest BCUT2D eigenvalue weighted by atomic mass is 9.95. The lowest BCUT2D eigenvalue weighted by molar-refractivity contribution is -0.137. The minimum atomic E-state index is -0.897. The number of hydrogen-bond acceptors (Lipinski definition) is 5. The second-order valence-corrected chi connectivity index (χ2v) is 6.39. The van der Waals surface area contributed by atoms with E-state index in [1.807, 2.05) is 0 Å². The summed E-state index contributed by atoms with van der Waals surface area (Å²) in [6.45, 7) is 0.261. The zero-order valence-electron chi connectivity index (χ0n) is 12.9. The van der Waals surface area contributed by atoms with Gasteiger partial charge in [-0.25, -0.2) is 9.59 Å². The van der Waals surface area contributed by atoms with Gasteiger partial charge in [-0.2, -0.15) is 0 Å². The van der Waals surface area contributed by atoms with Crippen molar-refractivity contribution in [1.29, 1.82) is 0 Å². The molecule has 0 radical (unpaired) electrons. The first-order chi connectivity index (χ1) is 11.0. The Morgan fingerprint density at radius 1 is 1.26 bits per heavy atom. The monoisotopic (exact) mass is 340 g/mol. The van der Waals surface area contributed by atoms with Crippen LogP contribution in [0.15, 0.2) is 0 Å². The Kier molecular flexibility index (Phi) is 5.97. The molecule has 3 N–H and O–H groups in total. The van der Waals surface area contributed by atoms with Crippen LogP contribution >= 0.6 is 11.3 Å². The highest BCUT2D eigenvalue weighted by molar-refractivity contribution is 7.17. The molecule has 0 aromatic carbocycles. The van der Waals surface area contributed by atoms with E-state index in [0.29, 0.717) is 17.0 Å². The number of carbonyl (C=O) groups is 3. The second kappa shape index (κ2) is 7.96. The van der Waals surface area contributed by atoms with Gasteiger partial charge in [-0.1, -0.05) is 0 Å². The van der Waals surface area contributed by atoms with Crippen molar-refractivity contribution in [2.45, 2.75) is 38.5 Å². The van der Waals surface area contributed by atoms with Crippen LogP contribution in [-0.2, 0) is 22.4 Å². The molecule has 126 valence electrons. The molecule has 2 rings (SSSR count). The summed E-state index contributed by atoms with van der Waals surface area (Å²) in [5.41, 5.74) is 1.43. The number of urea groups is 1. The van der Waals surface area contributed by atoms with Crippen molar-refractivity contribution in [3.8, 4) is 0 Å². The highest BCUT2D eigenvalue weighted by atomic mass is 32.1. The van der Waals surface area contributed by atoms with Gasteiger partial charge >= 0.3 is 18.0 Å². The van der Waals surface area contributed by atoms with Gasteiger partial charge < -0.3 is 15.2 Å². The molecule has 0 saturated carbocycles. The van der Waals surface area contributed by atoms with Gasteiger partial charge in [-0.3, -0.25) is 10.1 Å². The Balaban J connectivity index is 2.04. The Bertz CT molecular complexity index is 611. The first kappa shape index (κ1) is 17.3. The molecule has 1 aliphatic rings. The van der Waals surface area contributed by atoms with Crippen LogP contribution in [0.3, 0.4) is 0 Å². The van der Waals surface area contributed by atoms with Gasteiger partial charge in [0.25, 0.3) is 0 Å². The van der Waals surface area contributed by atoms with Crippen LogP contribution in [-0.4, -0.2) is 36.7 Å². The van der Waals surface area contributed by atoms with Crippen molar-refractivity contribution >= 4 is 34.3 Å². The number of carbonyl (C=O) groups excluding carboxylic acids is 2. The Hall–Kier alpha value is -2.09. The van der Waals surface area contributed by atoms with Crippen LogP contribution in [0.4, 0.5) is 9.80 Å². The first-order valence-electron chi connectivity index (χ1n) is 7.52. The first-order valence-corrected chi connectivity index (χ1v) is 8.34. The summed E-state index contributed by atoms with van der Waals surface area (Å²) in [6, 6.07) is -0.445. The number of nitrogens with one attached hydrogen (secondary N) is 2. The van der Waals surface area contributed by atoms with Crippen molar-refractivity contribution in [3.05, 3.63) is 16.0 Å². The number of esters is 1. The van der Waals surface area contributed by atoms with Crippen molar-refractivity contribution in [2.24, 2.45) is 0 Å². The van der Waals surface area contributed by atoms with Crippen LogP contribution in [0.25, 0.3) is 0 Å². The molecular formula is C15H20N2O5S. The molecule has 1 aromatic heterocycles. The number of aliphatic carboxylic acids is 1. The summed E-state index contributed by atoms with van der Waals surface area (Å²) in [6.07, 6.45) is 4.18. The molecule has 0 saturated heterocycles. The second-order valence-electron chi connectivity index (χ2n) is 5.28. The van der Waals surface area contributed by atoms with Crippen molar-refractivity contribution in [3.63, 3.8) is 0 Å². The molecule has 0 fully saturated rings. The molecule has 7 nitrogen and oxygen atoms in total. The van der Waals surface area contributed by atoms with E-state index in [2.05, 4.69) is 10.6 Å². The number of methoxy groups -OCH3 is 1. The number of thiophene rings is 1. The van der Waals surface area contributed by atoms with E-state index in [-0.39, 0.29) is 13.0 Å². The van der Waals surface area contributed by atoms with E-state index >= 15 is 0 Å². The third-order valence-electron chi connectivity index (χ3n) is 3.64. The van der Waals surface area contributed by atoms with Gasteiger partial charge in [0.2, 0.25) is 0 Å². The molecule has 1 aliphatic carbocycles. The van der Waals surface area contributed by atoms with E-state index in [4.69, 9.17) is 9.84 Å². The zero-order chi connectivity index (χ0) is 16.8. The number of aryl methyl sites for hydroxylation is 1. The number of rotatable bonds is 6. The summed E-state index contributed by atoms with van der Waals surface area (Å²) in [4.78, 5) is 35.5. The molecule has 2 amide bonds. The number of carboxylic acids is 1. The van der Waals surface area contributed by atoms with Crippen LogP contribution in [0, 0.1) is 0 Å². The largest absolute Gasteiger partial charge is 0.481 e. The molecule has 1 heterocycles. The van der Waals surface area contributed by atoms with Crippen molar-refractivity contribution < 1.29 is 24.2 Å². The van der Waals surface area contributed by atoms with E-state index in [0.717, 1.165) is 36.1 Å². The third kappa shape index (κ3) is 4.44. The summed E-state index contributed by atoms with van der Waals surface area (Å²) >= 11 is 1.41. The normalized spacial score (nSPS) is 13.1. The third-order valence-corrected chi connectivity index (χ3v) is 4.85. The van der Waals surface area contributed by atoms with Crippen LogP contribution in [0.1, 0.15) is 46.5 Å².